The molecule has 0 aliphatic heterocycles. The number of benzene rings is 1. The van der Waals surface area contributed by atoms with Crippen LogP contribution in [0.15, 0.2) is 42.7 Å². The summed E-state index contributed by atoms with van der Waals surface area (Å²) in [7, 11) is 0. The van der Waals surface area contributed by atoms with Crippen molar-refractivity contribution in [3.63, 3.8) is 0 Å². The van der Waals surface area contributed by atoms with Gasteiger partial charge in [0.1, 0.15) is 0 Å². The zero-order valence-corrected chi connectivity index (χ0v) is 10.00. The van der Waals surface area contributed by atoms with Crippen LogP contribution in [0.1, 0.15) is 21.5 Å². The number of nitriles is 1. The van der Waals surface area contributed by atoms with Crippen molar-refractivity contribution in [3.8, 4) is 6.07 Å². The smallest absolute Gasteiger partial charge is 0.337 e. The van der Waals surface area contributed by atoms with E-state index in [1.54, 1.807) is 12.1 Å². The van der Waals surface area contributed by atoms with E-state index in [0.29, 0.717) is 17.8 Å². The third kappa shape index (κ3) is 2.87. The van der Waals surface area contributed by atoms with Gasteiger partial charge in [0, 0.05) is 12.7 Å². The second-order valence-corrected chi connectivity index (χ2v) is 3.85. The molecule has 1 aromatic heterocycles. The average Bonchev–Trinajstić information content (AvgIpc) is 2.45. The Balaban J connectivity index is 2.20. The summed E-state index contributed by atoms with van der Waals surface area (Å²) in [6.45, 7) is 0.371. The first-order chi connectivity index (χ1) is 9.22. The predicted octanol–water partition coefficient (Wildman–Crippen LogP) is 2.26. The Morgan fingerprint density at radius 3 is 2.89 bits per heavy atom. The average molecular weight is 253 g/mol. The van der Waals surface area contributed by atoms with Crippen LogP contribution in [0.5, 0.6) is 0 Å². The van der Waals surface area contributed by atoms with E-state index in [-0.39, 0.29) is 5.56 Å². The lowest BCUT2D eigenvalue weighted by molar-refractivity contribution is 0.0698. The summed E-state index contributed by atoms with van der Waals surface area (Å²) in [5, 5.41) is 21.0. The van der Waals surface area contributed by atoms with Crippen LogP contribution >= 0.6 is 0 Å². The third-order valence-electron chi connectivity index (χ3n) is 2.66. The molecule has 5 heteroatoms. The van der Waals surface area contributed by atoms with Gasteiger partial charge in [-0.2, -0.15) is 5.26 Å². The quantitative estimate of drug-likeness (QED) is 0.872. The van der Waals surface area contributed by atoms with E-state index < -0.39 is 5.97 Å². The molecule has 0 atom stereocenters. The van der Waals surface area contributed by atoms with Crippen molar-refractivity contribution in [3.05, 3.63) is 59.4 Å². The van der Waals surface area contributed by atoms with Crippen molar-refractivity contribution >= 4 is 11.7 Å². The van der Waals surface area contributed by atoms with Gasteiger partial charge in [-0.25, -0.2) is 4.79 Å². The minimum Gasteiger partial charge on any atom is -0.478 e. The zero-order chi connectivity index (χ0) is 13.7. The lowest BCUT2D eigenvalue weighted by atomic mass is 10.1. The molecule has 5 nitrogen and oxygen atoms in total. The van der Waals surface area contributed by atoms with Crippen LogP contribution in [0, 0.1) is 11.3 Å². The topological polar surface area (TPSA) is 86.0 Å². The summed E-state index contributed by atoms with van der Waals surface area (Å²) >= 11 is 0. The van der Waals surface area contributed by atoms with Gasteiger partial charge in [-0.15, -0.1) is 0 Å². The maximum atomic E-state index is 11.0. The zero-order valence-electron chi connectivity index (χ0n) is 10.00. The van der Waals surface area contributed by atoms with Gasteiger partial charge in [0.2, 0.25) is 0 Å². The Morgan fingerprint density at radius 2 is 2.16 bits per heavy atom. The fourth-order valence-electron chi connectivity index (χ4n) is 1.70. The second-order valence-electron chi connectivity index (χ2n) is 3.85. The molecule has 2 N–H and O–H groups in total. The number of nitrogens with one attached hydrogen (secondary N) is 1. The number of nitrogens with zero attached hydrogens (tertiary/aromatic N) is 2. The van der Waals surface area contributed by atoms with Gasteiger partial charge in [-0.05, 0) is 17.7 Å². The SMILES string of the molecule is N#Cc1ccccc1CNc1cnccc1C(=O)O. The number of aromatic carboxylic acids is 1. The van der Waals surface area contributed by atoms with Crippen molar-refractivity contribution in [2.75, 3.05) is 5.32 Å². The number of pyridine rings is 1. The number of aromatic nitrogens is 1. The van der Waals surface area contributed by atoms with Crippen molar-refractivity contribution in [1.29, 1.82) is 5.26 Å². The Hall–Kier alpha value is -2.87. The molecule has 0 radical (unpaired) electrons. The molecule has 1 aromatic carbocycles. The maximum Gasteiger partial charge on any atom is 0.337 e. The Morgan fingerprint density at radius 1 is 1.37 bits per heavy atom. The van der Waals surface area contributed by atoms with E-state index in [2.05, 4.69) is 16.4 Å². The molecule has 0 unspecified atom stereocenters. The first-order valence-corrected chi connectivity index (χ1v) is 5.61. The molecule has 2 rings (SSSR count). The molecular weight excluding hydrogens is 242 g/mol. The van der Waals surface area contributed by atoms with Crippen LogP contribution in [0.25, 0.3) is 0 Å². The molecule has 0 amide bonds. The highest BCUT2D eigenvalue weighted by atomic mass is 16.4. The number of hydrogen-bond donors (Lipinski definition) is 2. The van der Waals surface area contributed by atoms with Crippen LogP contribution in [0.3, 0.4) is 0 Å². The molecule has 1 heterocycles. The minimum atomic E-state index is -1.02. The number of hydrogen-bond acceptors (Lipinski definition) is 4. The number of carbonyl (C=O) groups is 1. The highest BCUT2D eigenvalue weighted by molar-refractivity contribution is 5.93. The van der Waals surface area contributed by atoms with Crippen LogP contribution in [-0.2, 0) is 6.54 Å². The van der Waals surface area contributed by atoms with E-state index in [1.807, 2.05) is 12.1 Å². The first kappa shape index (κ1) is 12.6. The molecule has 0 aliphatic rings. The molecule has 94 valence electrons. The van der Waals surface area contributed by atoms with E-state index >= 15 is 0 Å². The van der Waals surface area contributed by atoms with Crippen molar-refractivity contribution in [2.45, 2.75) is 6.54 Å². The third-order valence-corrected chi connectivity index (χ3v) is 2.66. The van der Waals surface area contributed by atoms with Crippen molar-refractivity contribution in [1.82, 2.24) is 4.98 Å². The Bertz CT molecular complexity index is 647. The van der Waals surface area contributed by atoms with Gasteiger partial charge in [0.05, 0.1) is 29.1 Å². The number of anilines is 1. The van der Waals surface area contributed by atoms with E-state index in [4.69, 9.17) is 10.4 Å². The minimum absolute atomic E-state index is 0.157. The number of carboxylic acid groups (broad SMARTS) is 1. The Labute approximate surface area is 110 Å². The summed E-state index contributed by atoms with van der Waals surface area (Å²) in [4.78, 5) is 14.9. The largest absolute Gasteiger partial charge is 0.478 e. The summed E-state index contributed by atoms with van der Waals surface area (Å²) in [5.41, 5.74) is 1.97. The van der Waals surface area contributed by atoms with Gasteiger partial charge in [-0.1, -0.05) is 18.2 Å². The van der Waals surface area contributed by atoms with Gasteiger partial charge < -0.3 is 10.4 Å². The van der Waals surface area contributed by atoms with Crippen molar-refractivity contribution in [2.24, 2.45) is 0 Å². The number of carboxylic acids is 1. The first-order valence-electron chi connectivity index (χ1n) is 5.61. The van der Waals surface area contributed by atoms with E-state index in [1.165, 1.54) is 18.5 Å². The monoisotopic (exact) mass is 253 g/mol. The van der Waals surface area contributed by atoms with Crippen LogP contribution in [0.4, 0.5) is 5.69 Å². The maximum absolute atomic E-state index is 11.0. The summed E-state index contributed by atoms with van der Waals surface area (Å²) < 4.78 is 0. The second kappa shape index (κ2) is 5.65. The normalized spacial score (nSPS) is 9.63. The van der Waals surface area contributed by atoms with Gasteiger partial charge in [0.15, 0.2) is 0 Å². The van der Waals surface area contributed by atoms with Crippen molar-refractivity contribution < 1.29 is 9.90 Å². The molecule has 0 spiro atoms. The lowest BCUT2D eigenvalue weighted by Crippen LogP contribution is -2.07. The fourth-order valence-corrected chi connectivity index (χ4v) is 1.70. The standard InChI is InChI=1S/C14H11N3O2/c15-7-10-3-1-2-4-11(10)8-17-13-9-16-6-5-12(13)14(18)19/h1-6,9,17H,8H2,(H,18,19). The molecule has 0 fully saturated rings. The number of rotatable bonds is 4. The highest BCUT2D eigenvalue weighted by Gasteiger charge is 2.09. The summed E-state index contributed by atoms with van der Waals surface area (Å²) in [6.07, 6.45) is 2.89. The van der Waals surface area contributed by atoms with E-state index in [0.717, 1.165) is 5.56 Å². The van der Waals surface area contributed by atoms with Crippen LogP contribution < -0.4 is 5.32 Å². The molecule has 0 saturated heterocycles. The van der Waals surface area contributed by atoms with E-state index in [9.17, 15) is 4.79 Å². The van der Waals surface area contributed by atoms with Gasteiger partial charge in [-0.3, -0.25) is 4.98 Å². The molecule has 2 aromatic rings. The van der Waals surface area contributed by atoms with Gasteiger partial charge >= 0.3 is 5.97 Å². The molecule has 0 saturated carbocycles. The highest BCUT2D eigenvalue weighted by Crippen LogP contribution is 2.16. The summed E-state index contributed by atoms with van der Waals surface area (Å²) in [6, 6.07) is 10.7. The Kier molecular flexibility index (Phi) is 3.74. The molecule has 0 aliphatic carbocycles. The molecular formula is C14H11N3O2. The summed E-state index contributed by atoms with van der Waals surface area (Å²) in [5.74, 6) is -1.02. The van der Waals surface area contributed by atoms with Crippen LogP contribution in [-0.4, -0.2) is 16.1 Å². The molecule has 19 heavy (non-hydrogen) atoms. The molecule has 0 bridgehead atoms. The predicted molar refractivity (Wildman–Crippen MR) is 69.7 cm³/mol. The van der Waals surface area contributed by atoms with Gasteiger partial charge in [0.25, 0.3) is 0 Å². The lowest BCUT2D eigenvalue weighted by Gasteiger charge is -2.09. The van der Waals surface area contributed by atoms with Crippen LogP contribution in [0.2, 0.25) is 0 Å². The fraction of sp³-hybridized carbons (Fsp3) is 0.0714.